The molecule has 2 heterocycles. The van der Waals surface area contributed by atoms with Crippen LogP contribution in [-0.4, -0.2) is 16.6 Å². The summed E-state index contributed by atoms with van der Waals surface area (Å²) in [6.45, 7) is 3.81. The molecule has 0 saturated heterocycles. The predicted octanol–water partition coefficient (Wildman–Crippen LogP) is 4.74. The van der Waals surface area contributed by atoms with Crippen molar-refractivity contribution in [1.29, 1.82) is 0 Å². The number of hydrogen-bond acceptors (Lipinski definition) is 6. The van der Waals surface area contributed by atoms with Crippen LogP contribution in [0.25, 0.3) is 0 Å². The first-order valence-corrected chi connectivity index (χ1v) is 10.2. The van der Waals surface area contributed by atoms with Crippen LogP contribution in [-0.2, 0) is 11.2 Å². The van der Waals surface area contributed by atoms with Crippen LogP contribution in [0.5, 0.6) is 0 Å². The standard InChI is InChI=1S/C20H18N4OS2/c1-12(23-24-20(25)10-15-11-26-13(2)21-15)14-7-8-19-17(9-14)22-16-5-3-4-6-18(16)27-19/h3-9,11,22H,10H2,1-2H3,(H,24,25)/b23-12-. The molecule has 3 aromatic rings. The van der Waals surface area contributed by atoms with E-state index in [1.165, 1.54) is 9.79 Å². The topological polar surface area (TPSA) is 66.4 Å². The molecule has 0 fully saturated rings. The number of nitrogens with one attached hydrogen (secondary N) is 2. The lowest BCUT2D eigenvalue weighted by molar-refractivity contribution is -0.120. The summed E-state index contributed by atoms with van der Waals surface area (Å²) in [5.41, 5.74) is 7.27. The molecule has 27 heavy (non-hydrogen) atoms. The van der Waals surface area contributed by atoms with Crippen molar-refractivity contribution < 1.29 is 4.79 Å². The molecule has 4 rings (SSSR count). The first-order chi connectivity index (χ1) is 13.1. The van der Waals surface area contributed by atoms with Crippen LogP contribution in [0.2, 0.25) is 0 Å². The van der Waals surface area contributed by atoms with E-state index in [1.54, 1.807) is 23.1 Å². The molecule has 1 aromatic heterocycles. The summed E-state index contributed by atoms with van der Waals surface area (Å²) in [4.78, 5) is 18.7. The molecule has 2 aromatic carbocycles. The van der Waals surface area contributed by atoms with E-state index in [-0.39, 0.29) is 12.3 Å². The molecule has 0 atom stereocenters. The SMILES string of the molecule is C/C(=N/NC(=O)Cc1csc(C)n1)c1ccc2c(c1)Nc1ccccc1S2. The Kier molecular flexibility index (Phi) is 4.96. The van der Waals surface area contributed by atoms with Gasteiger partial charge in [0, 0.05) is 15.2 Å². The van der Waals surface area contributed by atoms with Crippen molar-refractivity contribution in [3.8, 4) is 0 Å². The van der Waals surface area contributed by atoms with E-state index in [4.69, 9.17) is 0 Å². The van der Waals surface area contributed by atoms with E-state index in [9.17, 15) is 4.79 Å². The molecule has 1 aliphatic heterocycles. The number of rotatable bonds is 4. The molecule has 0 radical (unpaired) electrons. The smallest absolute Gasteiger partial charge is 0.246 e. The number of nitrogens with zero attached hydrogens (tertiary/aromatic N) is 2. The molecular weight excluding hydrogens is 376 g/mol. The number of aryl methyl sites for hydroxylation is 1. The maximum absolute atomic E-state index is 12.1. The number of hydrazone groups is 1. The van der Waals surface area contributed by atoms with Crippen LogP contribution in [0.15, 0.2) is 62.7 Å². The molecule has 0 spiro atoms. The fourth-order valence-electron chi connectivity index (χ4n) is 2.77. The van der Waals surface area contributed by atoms with Gasteiger partial charge < -0.3 is 5.32 Å². The van der Waals surface area contributed by atoms with Gasteiger partial charge in [-0.3, -0.25) is 4.79 Å². The summed E-state index contributed by atoms with van der Waals surface area (Å²) in [7, 11) is 0. The minimum absolute atomic E-state index is 0.166. The Morgan fingerprint density at radius 2 is 2.00 bits per heavy atom. The van der Waals surface area contributed by atoms with Gasteiger partial charge in [0.2, 0.25) is 5.91 Å². The molecule has 1 aliphatic rings. The Labute approximate surface area is 165 Å². The number of amides is 1. The lowest BCUT2D eigenvalue weighted by Crippen LogP contribution is -2.21. The molecule has 7 heteroatoms. The summed E-state index contributed by atoms with van der Waals surface area (Å²) in [5, 5.41) is 10.6. The van der Waals surface area contributed by atoms with Gasteiger partial charge in [-0.15, -0.1) is 11.3 Å². The minimum atomic E-state index is -0.166. The summed E-state index contributed by atoms with van der Waals surface area (Å²) in [6, 6.07) is 14.4. The minimum Gasteiger partial charge on any atom is -0.354 e. The van der Waals surface area contributed by atoms with E-state index >= 15 is 0 Å². The first kappa shape index (κ1) is 17.8. The molecule has 0 bridgehead atoms. The zero-order valence-electron chi connectivity index (χ0n) is 14.9. The van der Waals surface area contributed by atoms with Crippen LogP contribution in [0.3, 0.4) is 0 Å². The molecule has 5 nitrogen and oxygen atoms in total. The fourth-order valence-corrected chi connectivity index (χ4v) is 4.35. The maximum Gasteiger partial charge on any atom is 0.246 e. The molecule has 2 N–H and O–H groups in total. The Morgan fingerprint density at radius 3 is 2.81 bits per heavy atom. The summed E-state index contributed by atoms with van der Waals surface area (Å²) >= 11 is 3.29. The highest BCUT2D eigenvalue weighted by Gasteiger charge is 2.16. The van der Waals surface area contributed by atoms with Crippen molar-refractivity contribution in [2.45, 2.75) is 30.1 Å². The summed E-state index contributed by atoms with van der Waals surface area (Å²) in [5.74, 6) is -0.166. The Hall–Kier alpha value is -2.64. The Morgan fingerprint density at radius 1 is 1.19 bits per heavy atom. The quantitative estimate of drug-likeness (QED) is 0.387. The van der Waals surface area contributed by atoms with Crippen LogP contribution in [0.4, 0.5) is 11.4 Å². The second-order valence-corrected chi connectivity index (χ2v) is 8.35. The predicted molar refractivity (Wildman–Crippen MR) is 111 cm³/mol. The third-order valence-corrected chi connectivity index (χ3v) is 6.10. The van der Waals surface area contributed by atoms with Crippen LogP contribution < -0.4 is 10.7 Å². The molecule has 0 unspecified atom stereocenters. The van der Waals surface area contributed by atoms with Crippen LogP contribution >= 0.6 is 23.1 Å². The van der Waals surface area contributed by atoms with Crippen LogP contribution in [0.1, 0.15) is 23.2 Å². The highest BCUT2D eigenvalue weighted by molar-refractivity contribution is 7.99. The van der Waals surface area contributed by atoms with Gasteiger partial charge in [0.15, 0.2) is 0 Å². The van der Waals surface area contributed by atoms with Gasteiger partial charge in [-0.05, 0) is 43.7 Å². The van der Waals surface area contributed by atoms with Crippen LogP contribution in [0, 0.1) is 6.92 Å². The normalized spacial score (nSPS) is 12.7. The van der Waals surface area contributed by atoms with Gasteiger partial charge in [-0.25, -0.2) is 10.4 Å². The molecule has 0 saturated carbocycles. The number of carbonyl (C=O) groups excluding carboxylic acids is 1. The van der Waals surface area contributed by atoms with Gasteiger partial charge in [-0.2, -0.15) is 5.10 Å². The van der Waals surface area contributed by atoms with Gasteiger partial charge in [-0.1, -0.05) is 30.0 Å². The Bertz CT molecular complexity index is 1040. The third kappa shape index (κ3) is 4.04. The summed E-state index contributed by atoms with van der Waals surface area (Å²) < 4.78 is 0. The number of benzene rings is 2. The van der Waals surface area contributed by atoms with Crippen molar-refractivity contribution in [3.05, 3.63) is 64.1 Å². The number of hydrogen-bond donors (Lipinski definition) is 2. The number of anilines is 2. The van der Waals surface area contributed by atoms with Crippen molar-refractivity contribution >= 4 is 46.1 Å². The molecule has 1 amide bonds. The first-order valence-electron chi connectivity index (χ1n) is 8.51. The van der Waals surface area contributed by atoms with E-state index in [1.807, 2.05) is 37.4 Å². The van der Waals surface area contributed by atoms with Crippen molar-refractivity contribution in [3.63, 3.8) is 0 Å². The molecule has 136 valence electrons. The van der Waals surface area contributed by atoms with E-state index in [0.717, 1.165) is 33.4 Å². The number of carbonyl (C=O) groups is 1. The number of aromatic nitrogens is 1. The Balaban J connectivity index is 1.45. The lowest BCUT2D eigenvalue weighted by atomic mass is 10.1. The highest BCUT2D eigenvalue weighted by Crippen LogP contribution is 2.44. The van der Waals surface area contributed by atoms with Gasteiger partial charge in [0.1, 0.15) is 0 Å². The zero-order valence-corrected chi connectivity index (χ0v) is 16.6. The van der Waals surface area contributed by atoms with E-state index in [2.05, 4.69) is 45.1 Å². The second-order valence-electron chi connectivity index (χ2n) is 6.20. The van der Waals surface area contributed by atoms with Crippen molar-refractivity contribution in [2.75, 3.05) is 5.32 Å². The molecular formula is C20H18N4OS2. The van der Waals surface area contributed by atoms with Crippen molar-refractivity contribution in [2.24, 2.45) is 5.10 Å². The van der Waals surface area contributed by atoms with Crippen molar-refractivity contribution in [1.82, 2.24) is 10.4 Å². The monoisotopic (exact) mass is 394 g/mol. The molecule has 0 aliphatic carbocycles. The third-order valence-electron chi connectivity index (χ3n) is 4.13. The highest BCUT2D eigenvalue weighted by atomic mass is 32.2. The number of para-hydroxylation sites is 1. The number of thiazole rings is 1. The number of fused-ring (bicyclic) bond motifs is 2. The lowest BCUT2D eigenvalue weighted by Gasteiger charge is -2.21. The average molecular weight is 395 g/mol. The maximum atomic E-state index is 12.1. The largest absolute Gasteiger partial charge is 0.354 e. The average Bonchev–Trinajstić information content (AvgIpc) is 3.08. The van der Waals surface area contributed by atoms with Gasteiger partial charge >= 0.3 is 0 Å². The fraction of sp³-hybridized carbons (Fsp3) is 0.150. The second kappa shape index (κ2) is 7.54. The summed E-state index contributed by atoms with van der Waals surface area (Å²) in [6.07, 6.45) is 0.236. The van der Waals surface area contributed by atoms with E-state index < -0.39 is 0 Å². The van der Waals surface area contributed by atoms with Gasteiger partial charge in [0.25, 0.3) is 0 Å². The zero-order chi connectivity index (χ0) is 18.8. The van der Waals surface area contributed by atoms with Gasteiger partial charge in [0.05, 0.1) is 34.2 Å². The van der Waals surface area contributed by atoms with E-state index in [0.29, 0.717) is 0 Å².